The molecule has 0 aliphatic heterocycles. The molecule has 0 radical (unpaired) electrons. The number of phosphoric ester groups is 1. The topological polar surface area (TPSA) is 94.1 Å². The molecule has 2 unspecified atom stereocenters. The van der Waals surface area contributed by atoms with E-state index in [-0.39, 0.29) is 26.2 Å². The second-order valence-electron chi connectivity index (χ2n) is 11.4. The number of esters is 1. The van der Waals surface area contributed by atoms with Crippen LogP contribution in [0.2, 0.25) is 0 Å². The van der Waals surface area contributed by atoms with Crippen molar-refractivity contribution in [2.24, 2.45) is 0 Å². The predicted octanol–water partition coefficient (Wildman–Crippen LogP) is 7.29. The third kappa shape index (κ3) is 30.0. The van der Waals surface area contributed by atoms with E-state index in [1.54, 1.807) is 0 Å². The molecule has 0 saturated carbocycles. The Kier molecular flexibility index (Phi) is 25.5. The minimum atomic E-state index is -4.49. The van der Waals surface area contributed by atoms with E-state index >= 15 is 0 Å². The number of carbonyl (C=O) groups excluding carboxylic acids is 1. The smallest absolute Gasteiger partial charge is 0.306 e. The van der Waals surface area contributed by atoms with Crippen LogP contribution in [0.1, 0.15) is 104 Å². The maximum atomic E-state index is 12.1. The number of quaternary nitrogens is 1. The number of carbonyl (C=O) groups is 1. The Hall–Kier alpha value is -1.28. The Morgan fingerprint density at radius 1 is 0.780 bits per heavy atom. The van der Waals surface area contributed by atoms with Gasteiger partial charge in [0.05, 0.1) is 34.4 Å². The summed E-state index contributed by atoms with van der Waals surface area (Å²) in [4.78, 5) is 24.0. The predicted molar refractivity (Wildman–Crippen MR) is 167 cm³/mol. The van der Waals surface area contributed by atoms with Crippen molar-refractivity contribution in [1.82, 2.24) is 0 Å². The van der Waals surface area contributed by atoms with Gasteiger partial charge in [0.15, 0.2) is 0 Å². The number of unbranched alkanes of at least 4 members (excludes halogenated alkanes) is 8. The van der Waals surface area contributed by atoms with Crippen LogP contribution in [0.3, 0.4) is 0 Å². The van der Waals surface area contributed by atoms with E-state index in [4.69, 9.17) is 18.5 Å². The first kappa shape index (κ1) is 39.7. The van der Waals surface area contributed by atoms with Gasteiger partial charge in [-0.25, -0.2) is 0 Å². The number of phosphoric acid groups is 1. The van der Waals surface area contributed by atoms with Crippen LogP contribution in [-0.4, -0.2) is 70.7 Å². The van der Waals surface area contributed by atoms with E-state index < -0.39 is 19.9 Å². The molecule has 0 aliphatic rings. The molecule has 0 rings (SSSR count). The zero-order valence-corrected chi connectivity index (χ0v) is 27.6. The number of nitrogens with zero attached hydrogens (tertiary/aromatic N) is 1. The van der Waals surface area contributed by atoms with Crippen LogP contribution in [0.5, 0.6) is 0 Å². The molecular formula is C32H60NO7P. The summed E-state index contributed by atoms with van der Waals surface area (Å²) in [5.74, 6) is -0.393. The Morgan fingerprint density at radius 3 is 1.98 bits per heavy atom. The van der Waals surface area contributed by atoms with Crippen molar-refractivity contribution in [3.8, 4) is 0 Å². The van der Waals surface area contributed by atoms with Crippen molar-refractivity contribution < 1.29 is 37.3 Å². The first-order valence-electron chi connectivity index (χ1n) is 15.7. The normalized spacial score (nSPS) is 14.8. The number of hydrogen-bond donors (Lipinski definition) is 0. The third-order valence-electron chi connectivity index (χ3n) is 6.18. The summed E-state index contributed by atoms with van der Waals surface area (Å²) in [5.41, 5.74) is 0. The molecule has 0 heterocycles. The molecule has 240 valence electrons. The number of likely N-dealkylation sites (N-methyl/N-ethyl adjacent to an activating group) is 1. The van der Waals surface area contributed by atoms with Gasteiger partial charge in [0.25, 0.3) is 7.82 Å². The quantitative estimate of drug-likeness (QED) is 0.0306. The highest BCUT2D eigenvalue weighted by Crippen LogP contribution is 2.38. The van der Waals surface area contributed by atoms with Crippen LogP contribution in [0, 0.1) is 0 Å². The van der Waals surface area contributed by atoms with Gasteiger partial charge in [0.1, 0.15) is 19.3 Å². The Labute approximate surface area is 251 Å². The lowest BCUT2D eigenvalue weighted by atomic mass is 10.1. The highest BCUT2D eigenvalue weighted by molar-refractivity contribution is 7.45. The number of hydrogen-bond acceptors (Lipinski definition) is 7. The van der Waals surface area contributed by atoms with E-state index in [0.29, 0.717) is 24.1 Å². The van der Waals surface area contributed by atoms with Crippen LogP contribution >= 0.6 is 7.82 Å². The maximum absolute atomic E-state index is 12.1. The van der Waals surface area contributed by atoms with Crippen LogP contribution < -0.4 is 4.89 Å². The molecule has 41 heavy (non-hydrogen) atoms. The van der Waals surface area contributed by atoms with Gasteiger partial charge in [-0.1, -0.05) is 88.8 Å². The largest absolute Gasteiger partial charge is 0.756 e. The fraction of sp³-hybridized carbons (Fsp3) is 0.781. The highest BCUT2D eigenvalue weighted by atomic mass is 31.2. The summed E-state index contributed by atoms with van der Waals surface area (Å²) < 4.78 is 33.6. The van der Waals surface area contributed by atoms with E-state index in [1.807, 2.05) is 28.1 Å². The zero-order valence-electron chi connectivity index (χ0n) is 26.7. The Bertz CT molecular complexity index is 762. The van der Waals surface area contributed by atoms with Crippen molar-refractivity contribution >= 4 is 13.8 Å². The third-order valence-corrected chi connectivity index (χ3v) is 7.14. The molecule has 0 spiro atoms. The van der Waals surface area contributed by atoms with Gasteiger partial charge in [0, 0.05) is 13.0 Å². The average molecular weight is 602 g/mol. The lowest BCUT2D eigenvalue weighted by Crippen LogP contribution is -2.37. The first-order chi connectivity index (χ1) is 19.6. The molecule has 0 saturated heterocycles. The number of ether oxygens (including phenoxy) is 2. The van der Waals surface area contributed by atoms with Crippen molar-refractivity contribution in [3.63, 3.8) is 0 Å². The SMILES string of the molecule is CC/C=C\C/C=C\C/C=C\CCCCCCCCCCOCC(COP(=O)([O-])OCC[N+](C)(C)C)OC(=O)CCC. The van der Waals surface area contributed by atoms with Crippen molar-refractivity contribution in [2.75, 3.05) is 54.1 Å². The Balaban J connectivity index is 3.93. The van der Waals surface area contributed by atoms with Crippen LogP contribution in [0.4, 0.5) is 0 Å². The summed E-state index contributed by atoms with van der Waals surface area (Å²) in [6.07, 6.45) is 27.3. The molecule has 0 aromatic heterocycles. The van der Waals surface area contributed by atoms with Crippen LogP contribution in [0.25, 0.3) is 0 Å². The molecule has 8 nitrogen and oxygen atoms in total. The average Bonchev–Trinajstić information content (AvgIpc) is 2.89. The van der Waals surface area contributed by atoms with Crippen molar-refractivity contribution in [1.29, 1.82) is 0 Å². The van der Waals surface area contributed by atoms with Gasteiger partial charge < -0.3 is 27.9 Å². The minimum absolute atomic E-state index is 0.0220. The van der Waals surface area contributed by atoms with Crippen LogP contribution in [0.15, 0.2) is 36.5 Å². The summed E-state index contributed by atoms with van der Waals surface area (Å²) in [7, 11) is 1.34. The molecular weight excluding hydrogens is 541 g/mol. The van der Waals surface area contributed by atoms with Gasteiger partial charge in [0.2, 0.25) is 0 Å². The second kappa shape index (κ2) is 26.4. The molecule has 0 aliphatic carbocycles. The van der Waals surface area contributed by atoms with Crippen LogP contribution in [-0.2, 0) is 27.9 Å². The van der Waals surface area contributed by atoms with Gasteiger partial charge in [-0.3, -0.25) is 9.36 Å². The van der Waals surface area contributed by atoms with Crippen molar-refractivity contribution in [3.05, 3.63) is 36.5 Å². The molecule has 0 N–H and O–H groups in total. The molecule has 9 heteroatoms. The fourth-order valence-corrected chi connectivity index (χ4v) is 4.50. The summed E-state index contributed by atoms with van der Waals surface area (Å²) in [6, 6.07) is 0. The standard InChI is InChI=1S/C32H60NO7P/c1-6-8-9-10-11-12-13-14-15-16-17-18-19-20-21-22-23-24-27-37-29-31(40-32(34)25-7-2)30-39-41(35,36)38-28-26-33(3,4)5/h8-9,11-12,14-15,31H,6-7,10,13,16-30H2,1-5H3/b9-8-,12-11-,15-14-. The Morgan fingerprint density at radius 2 is 1.37 bits per heavy atom. The van der Waals surface area contributed by atoms with Gasteiger partial charge in [-0.2, -0.15) is 0 Å². The number of allylic oxidation sites excluding steroid dienone is 6. The van der Waals surface area contributed by atoms with E-state index in [9.17, 15) is 14.3 Å². The van der Waals surface area contributed by atoms with Crippen molar-refractivity contribution in [2.45, 2.75) is 110 Å². The van der Waals surface area contributed by atoms with Gasteiger partial charge in [-0.05, 0) is 44.9 Å². The minimum Gasteiger partial charge on any atom is -0.756 e. The molecule has 2 atom stereocenters. The number of rotatable bonds is 28. The summed E-state index contributed by atoms with van der Waals surface area (Å²) >= 11 is 0. The first-order valence-corrected chi connectivity index (χ1v) is 17.2. The monoisotopic (exact) mass is 601 g/mol. The fourth-order valence-electron chi connectivity index (χ4n) is 3.77. The van der Waals surface area contributed by atoms with E-state index in [0.717, 1.165) is 38.5 Å². The molecule has 0 bridgehead atoms. The van der Waals surface area contributed by atoms with Gasteiger partial charge >= 0.3 is 5.97 Å². The lowest BCUT2D eigenvalue weighted by molar-refractivity contribution is -0.870. The summed E-state index contributed by atoms with van der Waals surface area (Å²) in [6.45, 7) is 4.88. The molecule has 0 aromatic carbocycles. The molecule has 0 fully saturated rings. The maximum Gasteiger partial charge on any atom is 0.306 e. The molecule has 0 amide bonds. The highest BCUT2D eigenvalue weighted by Gasteiger charge is 2.20. The molecule has 0 aromatic rings. The second-order valence-corrected chi connectivity index (χ2v) is 12.8. The summed E-state index contributed by atoms with van der Waals surface area (Å²) in [5, 5.41) is 0. The van der Waals surface area contributed by atoms with E-state index in [1.165, 1.54) is 38.5 Å². The van der Waals surface area contributed by atoms with E-state index in [2.05, 4.69) is 43.4 Å². The van der Waals surface area contributed by atoms with Gasteiger partial charge in [-0.15, -0.1) is 0 Å². The zero-order chi connectivity index (χ0) is 30.7. The lowest BCUT2D eigenvalue weighted by Gasteiger charge is -2.28.